The number of carbonyl (C=O) groups is 1. The summed E-state index contributed by atoms with van der Waals surface area (Å²) in [5, 5.41) is 10.2. The van der Waals surface area contributed by atoms with Gasteiger partial charge in [-0.15, -0.1) is 0 Å². The van der Waals surface area contributed by atoms with Crippen LogP contribution in [-0.4, -0.2) is 10.2 Å². The number of aryl methyl sites for hydroxylation is 1. The maximum atomic E-state index is 10.5. The third kappa shape index (κ3) is 4.40. The highest BCUT2D eigenvalue weighted by Gasteiger charge is 2.05. The van der Waals surface area contributed by atoms with Crippen LogP contribution < -0.4 is 0 Å². The van der Waals surface area contributed by atoms with E-state index in [1.165, 1.54) is 6.07 Å². The summed E-state index contributed by atoms with van der Waals surface area (Å²) in [5.41, 5.74) is 1.02. The Labute approximate surface area is 98.4 Å². The van der Waals surface area contributed by atoms with Crippen LogP contribution in [0.3, 0.4) is 0 Å². The van der Waals surface area contributed by atoms with Crippen molar-refractivity contribution in [3.63, 3.8) is 0 Å². The number of nitro benzene ring substituents is 1. The van der Waals surface area contributed by atoms with Crippen LogP contribution in [0.1, 0.15) is 24.8 Å². The Kier molecular flexibility index (Phi) is 4.92. The highest BCUT2D eigenvalue weighted by Crippen LogP contribution is 2.15. The Morgan fingerprint density at radius 1 is 1.38 bits per heavy atom. The van der Waals surface area contributed by atoms with Crippen molar-refractivity contribution >= 4 is 22.5 Å². The monoisotopic (exact) mass is 241 g/mol. The Hall–Kier alpha value is -1.42. The molecule has 0 heterocycles. The van der Waals surface area contributed by atoms with E-state index in [-0.39, 0.29) is 10.9 Å². The van der Waals surface area contributed by atoms with Crippen LogP contribution in [0.25, 0.3) is 0 Å². The van der Waals surface area contributed by atoms with Crippen molar-refractivity contribution in [3.8, 4) is 0 Å². The third-order valence-corrected chi connectivity index (χ3v) is 2.40. The molecule has 0 unspecified atom stereocenters. The molecule has 0 saturated heterocycles. The van der Waals surface area contributed by atoms with Gasteiger partial charge in [0, 0.05) is 18.6 Å². The fraction of sp³-hybridized carbons (Fsp3) is 0.364. The number of hydrogen-bond acceptors (Lipinski definition) is 3. The lowest BCUT2D eigenvalue weighted by atomic mass is 10.1. The summed E-state index contributed by atoms with van der Waals surface area (Å²) >= 11 is 5.20. The van der Waals surface area contributed by atoms with Crippen LogP contribution in [0, 0.1) is 10.1 Å². The summed E-state index contributed by atoms with van der Waals surface area (Å²) in [6, 6.07) is 6.53. The average molecular weight is 242 g/mol. The second-order valence-electron chi connectivity index (χ2n) is 3.49. The van der Waals surface area contributed by atoms with Gasteiger partial charge in [-0.1, -0.05) is 12.1 Å². The smallest absolute Gasteiger partial charge is 0.269 e. The standard InChI is InChI=1S/C11H12ClNO3/c12-11(14)7-2-1-4-9-5-3-6-10(8-9)13(15)16/h3,5-6,8H,1-2,4,7H2. The Morgan fingerprint density at radius 3 is 2.75 bits per heavy atom. The molecule has 1 rings (SSSR count). The number of nitrogens with zero attached hydrogens (tertiary/aromatic N) is 1. The predicted molar refractivity (Wildman–Crippen MR) is 61.5 cm³/mol. The van der Waals surface area contributed by atoms with Crippen molar-refractivity contribution in [1.82, 2.24) is 0 Å². The number of benzene rings is 1. The first-order valence-corrected chi connectivity index (χ1v) is 5.39. The molecule has 0 N–H and O–H groups in total. The van der Waals surface area contributed by atoms with Crippen molar-refractivity contribution in [2.24, 2.45) is 0 Å². The lowest BCUT2D eigenvalue weighted by Gasteiger charge is -2.00. The number of halogens is 1. The van der Waals surface area contributed by atoms with Gasteiger partial charge in [0.1, 0.15) is 0 Å². The van der Waals surface area contributed by atoms with Crippen molar-refractivity contribution in [3.05, 3.63) is 39.9 Å². The van der Waals surface area contributed by atoms with Crippen LogP contribution in [0.15, 0.2) is 24.3 Å². The lowest BCUT2D eigenvalue weighted by Crippen LogP contribution is -1.92. The Balaban J connectivity index is 2.45. The van der Waals surface area contributed by atoms with Gasteiger partial charge in [0.25, 0.3) is 5.69 Å². The van der Waals surface area contributed by atoms with E-state index >= 15 is 0 Å². The molecule has 0 aliphatic rings. The molecule has 16 heavy (non-hydrogen) atoms. The lowest BCUT2D eigenvalue weighted by molar-refractivity contribution is -0.384. The van der Waals surface area contributed by atoms with Gasteiger partial charge in [0.2, 0.25) is 5.24 Å². The highest BCUT2D eigenvalue weighted by molar-refractivity contribution is 6.63. The third-order valence-electron chi connectivity index (χ3n) is 2.21. The quantitative estimate of drug-likeness (QED) is 0.333. The normalized spacial score (nSPS) is 10.1. The molecule has 4 nitrogen and oxygen atoms in total. The van der Waals surface area contributed by atoms with Gasteiger partial charge in [-0.05, 0) is 36.4 Å². The zero-order valence-corrected chi connectivity index (χ0v) is 9.44. The molecule has 1 aromatic carbocycles. The van der Waals surface area contributed by atoms with Crippen molar-refractivity contribution in [2.75, 3.05) is 0 Å². The first-order chi connectivity index (χ1) is 7.59. The molecular weight excluding hydrogens is 230 g/mol. The number of nitro groups is 1. The van der Waals surface area contributed by atoms with E-state index in [4.69, 9.17) is 11.6 Å². The van der Waals surface area contributed by atoms with Gasteiger partial charge >= 0.3 is 0 Å². The van der Waals surface area contributed by atoms with E-state index in [0.717, 1.165) is 18.4 Å². The van der Waals surface area contributed by atoms with Crippen LogP contribution in [-0.2, 0) is 11.2 Å². The second-order valence-corrected chi connectivity index (χ2v) is 3.91. The topological polar surface area (TPSA) is 60.2 Å². The minimum absolute atomic E-state index is 0.103. The zero-order valence-electron chi connectivity index (χ0n) is 8.69. The van der Waals surface area contributed by atoms with E-state index in [1.807, 2.05) is 6.07 Å². The zero-order chi connectivity index (χ0) is 12.0. The van der Waals surface area contributed by atoms with E-state index < -0.39 is 4.92 Å². The molecule has 0 radical (unpaired) electrons. The molecule has 0 bridgehead atoms. The summed E-state index contributed by atoms with van der Waals surface area (Å²) in [4.78, 5) is 20.6. The van der Waals surface area contributed by atoms with Gasteiger partial charge < -0.3 is 0 Å². The van der Waals surface area contributed by atoms with Crippen molar-refractivity contribution < 1.29 is 9.72 Å². The molecule has 1 aromatic rings. The molecule has 0 spiro atoms. The van der Waals surface area contributed by atoms with Crippen LogP contribution >= 0.6 is 11.6 Å². The number of carbonyl (C=O) groups excluding carboxylic acids is 1. The Bertz CT molecular complexity index is 393. The molecule has 0 aromatic heterocycles. The summed E-state index contributed by atoms with van der Waals surface area (Å²) in [7, 11) is 0. The maximum absolute atomic E-state index is 10.5. The number of rotatable bonds is 6. The van der Waals surface area contributed by atoms with Gasteiger partial charge in [-0.2, -0.15) is 0 Å². The molecule has 0 fully saturated rings. The van der Waals surface area contributed by atoms with Crippen molar-refractivity contribution in [1.29, 1.82) is 0 Å². The molecule has 0 aliphatic heterocycles. The van der Waals surface area contributed by atoms with Crippen LogP contribution in [0.5, 0.6) is 0 Å². The predicted octanol–water partition coefficient (Wildman–Crippen LogP) is 3.07. The first-order valence-electron chi connectivity index (χ1n) is 5.01. The minimum Gasteiger partial charge on any atom is -0.281 e. The molecular formula is C11H12ClNO3. The fourth-order valence-corrected chi connectivity index (χ4v) is 1.55. The highest BCUT2D eigenvalue weighted by atomic mass is 35.5. The maximum Gasteiger partial charge on any atom is 0.269 e. The summed E-state index contributed by atoms with van der Waals surface area (Å²) < 4.78 is 0. The van der Waals surface area contributed by atoms with E-state index in [9.17, 15) is 14.9 Å². The summed E-state index contributed by atoms with van der Waals surface area (Å²) in [6.07, 6.45) is 2.60. The van der Waals surface area contributed by atoms with Gasteiger partial charge in [-0.25, -0.2) is 0 Å². The Morgan fingerprint density at radius 2 is 2.12 bits per heavy atom. The molecule has 5 heteroatoms. The van der Waals surface area contributed by atoms with Gasteiger partial charge in [0.15, 0.2) is 0 Å². The molecule has 86 valence electrons. The van der Waals surface area contributed by atoms with E-state index in [2.05, 4.69) is 0 Å². The van der Waals surface area contributed by atoms with E-state index in [1.54, 1.807) is 12.1 Å². The molecule has 0 saturated carbocycles. The van der Waals surface area contributed by atoms with E-state index in [0.29, 0.717) is 12.8 Å². The number of non-ortho nitro benzene ring substituents is 1. The first kappa shape index (κ1) is 12.6. The van der Waals surface area contributed by atoms with Gasteiger partial charge in [0.05, 0.1) is 4.92 Å². The molecule has 0 atom stereocenters. The largest absolute Gasteiger partial charge is 0.281 e. The number of hydrogen-bond donors (Lipinski definition) is 0. The average Bonchev–Trinajstić information content (AvgIpc) is 2.24. The molecule has 0 aliphatic carbocycles. The van der Waals surface area contributed by atoms with Crippen LogP contribution in [0.4, 0.5) is 5.69 Å². The second kappa shape index (κ2) is 6.23. The summed E-state index contributed by atoms with van der Waals surface area (Å²) in [6.45, 7) is 0. The van der Waals surface area contributed by atoms with Gasteiger partial charge in [-0.3, -0.25) is 14.9 Å². The minimum atomic E-state index is -0.411. The SMILES string of the molecule is O=C(Cl)CCCCc1cccc([N+](=O)[O-])c1. The molecule has 0 amide bonds. The van der Waals surface area contributed by atoms with Crippen LogP contribution in [0.2, 0.25) is 0 Å². The van der Waals surface area contributed by atoms with Crippen molar-refractivity contribution in [2.45, 2.75) is 25.7 Å². The summed E-state index contributed by atoms with van der Waals surface area (Å²) in [5.74, 6) is 0. The fourth-order valence-electron chi connectivity index (χ4n) is 1.42. The number of unbranched alkanes of at least 4 members (excludes halogenated alkanes) is 1.